The molecule has 0 radical (unpaired) electrons. The topological polar surface area (TPSA) is 50.7 Å². The van der Waals surface area contributed by atoms with Crippen molar-refractivity contribution in [2.24, 2.45) is 0 Å². The maximum atomic E-state index is 4.23. The first-order chi connectivity index (χ1) is 6.34. The average molecular weight is 212 g/mol. The van der Waals surface area contributed by atoms with Crippen molar-refractivity contribution >= 4 is 28.0 Å². The summed E-state index contributed by atoms with van der Waals surface area (Å²) in [4.78, 5) is 9.47. The predicted molar refractivity (Wildman–Crippen MR) is 54.1 cm³/mol. The molecule has 0 atom stereocenters. The second kappa shape index (κ2) is 3.80. The maximum Gasteiger partial charge on any atom is 0.202 e. The van der Waals surface area contributed by atoms with Gasteiger partial charge in [0.25, 0.3) is 0 Å². The van der Waals surface area contributed by atoms with E-state index in [1.54, 1.807) is 17.7 Å². The molecule has 0 unspecified atom stereocenters. The van der Waals surface area contributed by atoms with E-state index in [1.165, 1.54) is 16.4 Å². The lowest BCUT2D eigenvalue weighted by atomic mass is 10.6. The van der Waals surface area contributed by atoms with E-state index in [1.807, 2.05) is 13.1 Å². The summed E-state index contributed by atoms with van der Waals surface area (Å²) in [7, 11) is 0. The van der Waals surface area contributed by atoms with Gasteiger partial charge in [-0.25, -0.2) is 9.97 Å². The van der Waals surface area contributed by atoms with Crippen LogP contribution in [-0.2, 0) is 6.54 Å². The molecule has 13 heavy (non-hydrogen) atoms. The average Bonchev–Trinajstić information content (AvgIpc) is 2.71. The number of hydrogen-bond acceptors (Lipinski definition) is 6. The van der Waals surface area contributed by atoms with E-state index in [9.17, 15) is 0 Å². The molecule has 6 heteroatoms. The van der Waals surface area contributed by atoms with Gasteiger partial charge in [0.1, 0.15) is 11.3 Å². The smallest absolute Gasteiger partial charge is 0.202 e. The van der Waals surface area contributed by atoms with Crippen LogP contribution >= 0.6 is 22.9 Å². The number of nitrogens with zero attached hydrogens (tertiary/aromatic N) is 3. The highest BCUT2D eigenvalue weighted by Crippen LogP contribution is 2.14. The van der Waals surface area contributed by atoms with Crippen molar-refractivity contribution in [3.63, 3.8) is 0 Å². The minimum atomic E-state index is 0.730. The highest BCUT2D eigenvalue weighted by Gasteiger charge is 1.99. The van der Waals surface area contributed by atoms with E-state index in [4.69, 9.17) is 0 Å². The van der Waals surface area contributed by atoms with Crippen LogP contribution in [0.5, 0.6) is 0 Å². The Kier molecular flexibility index (Phi) is 2.51. The number of thiazole rings is 1. The number of aromatic nitrogens is 3. The van der Waals surface area contributed by atoms with Crippen molar-refractivity contribution in [3.8, 4) is 0 Å². The standard InChI is InChI=1S/C7H8N4S2/c1-5-2-8-6(12-5)3-9-7-10-4-11-13-7/h2,4H,3H2,1H3,(H,9,10,11). The van der Waals surface area contributed by atoms with Gasteiger partial charge < -0.3 is 5.32 Å². The third kappa shape index (κ3) is 2.22. The van der Waals surface area contributed by atoms with Gasteiger partial charge in [0.15, 0.2) is 0 Å². The Hall–Kier alpha value is -1.01. The van der Waals surface area contributed by atoms with Crippen molar-refractivity contribution in [1.29, 1.82) is 0 Å². The SMILES string of the molecule is Cc1cnc(CNc2ncns2)s1. The largest absolute Gasteiger partial charge is 0.354 e. The first kappa shape index (κ1) is 8.58. The Morgan fingerprint density at radius 1 is 1.46 bits per heavy atom. The summed E-state index contributed by atoms with van der Waals surface area (Å²) >= 11 is 3.05. The van der Waals surface area contributed by atoms with E-state index in [2.05, 4.69) is 19.7 Å². The molecule has 0 saturated carbocycles. The molecule has 0 amide bonds. The van der Waals surface area contributed by atoms with E-state index < -0.39 is 0 Å². The van der Waals surface area contributed by atoms with Crippen LogP contribution in [0.25, 0.3) is 0 Å². The zero-order valence-corrected chi connectivity index (χ0v) is 8.65. The van der Waals surface area contributed by atoms with Crippen LogP contribution < -0.4 is 5.32 Å². The Labute approximate surface area is 83.8 Å². The lowest BCUT2D eigenvalue weighted by Gasteiger charge is -1.96. The lowest BCUT2D eigenvalue weighted by Crippen LogP contribution is -1.97. The fraction of sp³-hybridized carbons (Fsp3) is 0.286. The molecule has 0 aromatic carbocycles. The molecule has 2 aromatic rings. The Morgan fingerprint density at radius 3 is 3.00 bits per heavy atom. The zero-order valence-electron chi connectivity index (χ0n) is 7.02. The Morgan fingerprint density at radius 2 is 2.38 bits per heavy atom. The quantitative estimate of drug-likeness (QED) is 0.844. The molecule has 0 aliphatic heterocycles. The van der Waals surface area contributed by atoms with Crippen LogP contribution in [0.15, 0.2) is 12.5 Å². The molecule has 0 aliphatic rings. The second-order valence-electron chi connectivity index (χ2n) is 2.46. The van der Waals surface area contributed by atoms with Gasteiger partial charge >= 0.3 is 0 Å². The molecule has 0 saturated heterocycles. The van der Waals surface area contributed by atoms with Gasteiger partial charge in [0.2, 0.25) is 5.13 Å². The third-order valence-electron chi connectivity index (χ3n) is 1.42. The molecule has 2 rings (SSSR count). The highest BCUT2D eigenvalue weighted by molar-refractivity contribution is 7.11. The molecule has 1 N–H and O–H groups in total. The summed E-state index contributed by atoms with van der Waals surface area (Å²) in [6.45, 7) is 2.78. The fourth-order valence-corrected chi connectivity index (χ4v) is 2.04. The molecule has 0 spiro atoms. The van der Waals surface area contributed by atoms with Crippen LogP contribution in [0.3, 0.4) is 0 Å². The van der Waals surface area contributed by atoms with Crippen LogP contribution in [0.1, 0.15) is 9.88 Å². The predicted octanol–water partition coefficient (Wildman–Crippen LogP) is 1.92. The summed E-state index contributed by atoms with van der Waals surface area (Å²) in [5, 5.41) is 5.06. The van der Waals surface area contributed by atoms with Gasteiger partial charge in [-0.05, 0) is 6.92 Å². The van der Waals surface area contributed by atoms with Crippen molar-refractivity contribution in [3.05, 3.63) is 22.4 Å². The molecule has 2 aromatic heterocycles. The number of aryl methyl sites for hydroxylation is 1. The van der Waals surface area contributed by atoms with Gasteiger partial charge in [-0.3, -0.25) is 0 Å². The van der Waals surface area contributed by atoms with Crippen molar-refractivity contribution in [2.45, 2.75) is 13.5 Å². The number of hydrogen-bond donors (Lipinski definition) is 1. The van der Waals surface area contributed by atoms with E-state index in [0.29, 0.717) is 0 Å². The third-order valence-corrected chi connectivity index (χ3v) is 2.96. The van der Waals surface area contributed by atoms with Crippen molar-refractivity contribution in [2.75, 3.05) is 5.32 Å². The molecular weight excluding hydrogens is 204 g/mol. The van der Waals surface area contributed by atoms with E-state index in [0.717, 1.165) is 16.7 Å². The van der Waals surface area contributed by atoms with Crippen molar-refractivity contribution < 1.29 is 0 Å². The van der Waals surface area contributed by atoms with Crippen molar-refractivity contribution in [1.82, 2.24) is 14.3 Å². The van der Waals surface area contributed by atoms with Gasteiger partial charge in [0, 0.05) is 22.6 Å². The van der Waals surface area contributed by atoms with Gasteiger partial charge in [-0.2, -0.15) is 4.37 Å². The monoisotopic (exact) mass is 212 g/mol. The van der Waals surface area contributed by atoms with Crippen LogP contribution in [0, 0.1) is 6.92 Å². The molecule has 0 fully saturated rings. The number of rotatable bonds is 3. The van der Waals surface area contributed by atoms with Gasteiger partial charge in [0.05, 0.1) is 6.54 Å². The zero-order chi connectivity index (χ0) is 9.10. The maximum absolute atomic E-state index is 4.23. The first-order valence-electron chi connectivity index (χ1n) is 3.76. The van der Waals surface area contributed by atoms with E-state index >= 15 is 0 Å². The molecule has 0 bridgehead atoms. The molecular formula is C7H8N4S2. The van der Waals surface area contributed by atoms with Crippen LogP contribution in [0.2, 0.25) is 0 Å². The first-order valence-corrected chi connectivity index (χ1v) is 5.35. The number of nitrogens with one attached hydrogen (secondary N) is 1. The Balaban J connectivity index is 1.93. The molecule has 0 aliphatic carbocycles. The van der Waals surface area contributed by atoms with E-state index in [-0.39, 0.29) is 0 Å². The summed E-state index contributed by atoms with van der Waals surface area (Å²) < 4.78 is 3.89. The van der Waals surface area contributed by atoms with Gasteiger partial charge in [-0.15, -0.1) is 11.3 Å². The molecule has 4 nitrogen and oxygen atoms in total. The number of anilines is 1. The highest BCUT2D eigenvalue weighted by atomic mass is 32.1. The lowest BCUT2D eigenvalue weighted by molar-refractivity contribution is 1.09. The summed E-state index contributed by atoms with van der Waals surface area (Å²) in [6.07, 6.45) is 3.42. The second-order valence-corrected chi connectivity index (χ2v) is 4.56. The molecule has 68 valence electrons. The summed E-state index contributed by atoms with van der Waals surface area (Å²) in [5.74, 6) is 0. The summed E-state index contributed by atoms with van der Waals surface area (Å²) in [5.41, 5.74) is 0. The molecule has 2 heterocycles. The summed E-state index contributed by atoms with van der Waals surface area (Å²) in [6, 6.07) is 0. The van der Waals surface area contributed by atoms with Crippen LogP contribution in [-0.4, -0.2) is 14.3 Å². The fourth-order valence-electron chi connectivity index (χ4n) is 0.885. The minimum Gasteiger partial charge on any atom is -0.354 e. The van der Waals surface area contributed by atoms with Gasteiger partial charge in [-0.1, -0.05) is 0 Å². The minimum absolute atomic E-state index is 0.730. The normalized spacial score (nSPS) is 10.2. The Bertz CT molecular complexity index is 368. The van der Waals surface area contributed by atoms with Crippen LogP contribution in [0.4, 0.5) is 5.13 Å².